The summed E-state index contributed by atoms with van der Waals surface area (Å²) in [5, 5.41) is 3.39. The van der Waals surface area contributed by atoms with E-state index in [9.17, 15) is 4.79 Å². The molecule has 1 atom stereocenters. The Morgan fingerprint density at radius 1 is 1.27 bits per heavy atom. The van der Waals surface area contributed by atoms with Crippen molar-refractivity contribution >= 4 is 11.6 Å². The predicted molar refractivity (Wildman–Crippen MR) is 92.3 cm³/mol. The van der Waals surface area contributed by atoms with Crippen molar-refractivity contribution in [2.75, 3.05) is 37.6 Å². The number of carbonyl (C=O) groups excluding carboxylic acids is 1. The van der Waals surface area contributed by atoms with Gasteiger partial charge in [0.25, 0.3) is 0 Å². The number of nitrogens with zero attached hydrogens (tertiary/aromatic N) is 2. The van der Waals surface area contributed by atoms with Gasteiger partial charge < -0.3 is 15.1 Å². The molecule has 1 heterocycles. The molecule has 4 nitrogen and oxygen atoms in total. The van der Waals surface area contributed by atoms with E-state index in [0.717, 1.165) is 39.1 Å². The van der Waals surface area contributed by atoms with Gasteiger partial charge in [0.1, 0.15) is 0 Å². The minimum atomic E-state index is 0.277. The van der Waals surface area contributed by atoms with Gasteiger partial charge in [0.15, 0.2) is 0 Å². The highest BCUT2D eigenvalue weighted by molar-refractivity contribution is 5.76. The van der Waals surface area contributed by atoms with E-state index < -0.39 is 0 Å². The second-order valence-corrected chi connectivity index (χ2v) is 6.22. The van der Waals surface area contributed by atoms with Crippen molar-refractivity contribution in [2.45, 2.75) is 39.7 Å². The second kappa shape index (κ2) is 8.18. The van der Waals surface area contributed by atoms with Crippen molar-refractivity contribution < 1.29 is 4.79 Å². The van der Waals surface area contributed by atoms with Crippen LogP contribution in [-0.4, -0.2) is 49.6 Å². The van der Waals surface area contributed by atoms with Crippen LogP contribution in [0.1, 0.15) is 32.3 Å². The molecule has 0 spiro atoms. The number of hydrogen-bond acceptors (Lipinski definition) is 3. The van der Waals surface area contributed by atoms with E-state index in [0.29, 0.717) is 12.5 Å². The summed E-state index contributed by atoms with van der Waals surface area (Å²) in [5.41, 5.74) is 2.55. The number of rotatable bonds is 6. The monoisotopic (exact) mass is 303 g/mol. The third-order valence-corrected chi connectivity index (χ3v) is 4.44. The topological polar surface area (TPSA) is 35.6 Å². The molecule has 22 heavy (non-hydrogen) atoms. The van der Waals surface area contributed by atoms with Crippen LogP contribution in [0, 0.1) is 6.92 Å². The van der Waals surface area contributed by atoms with E-state index in [-0.39, 0.29) is 5.91 Å². The van der Waals surface area contributed by atoms with Crippen molar-refractivity contribution in [3.05, 3.63) is 29.8 Å². The Balaban J connectivity index is 1.76. The molecule has 1 unspecified atom stereocenters. The Labute approximate surface area is 134 Å². The number of anilines is 1. The summed E-state index contributed by atoms with van der Waals surface area (Å²) in [6.45, 7) is 10.7. The number of hydrogen-bond donors (Lipinski definition) is 1. The Bertz CT molecular complexity index is 481. The SMILES string of the molecule is CCC(C)NCCC(=O)N1CCN(c2cccc(C)c2)CC1. The maximum atomic E-state index is 12.2. The number of carbonyl (C=O) groups is 1. The van der Waals surface area contributed by atoms with Gasteiger partial charge in [-0.25, -0.2) is 0 Å². The van der Waals surface area contributed by atoms with E-state index in [4.69, 9.17) is 0 Å². The zero-order chi connectivity index (χ0) is 15.9. The van der Waals surface area contributed by atoms with Gasteiger partial charge >= 0.3 is 0 Å². The lowest BCUT2D eigenvalue weighted by atomic mass is 10.2. The first kappa shape index (κ1) is 16.8. The van der Waals surface area contributed by atoms with Crippen LogP contribution >= 0.6 is 0 Å². The van der Waals surface area contributed by atoms with E-state index in [1.165, 1.54) is 11.3 Å². The fourth-order valence-electron chi connectivity index (χ4n) is 2.77. The van der Waals surface area contributed by atoms with Crippen LogP contribution in [0.2, 0.25) is 0 Å². The molecule has 0 bridgehead atoms. The summed E-state index contributed by atoms with van der Waals surface area (Å²) in [6.07, 6.45) is 1.71. The molecule has 1 saturated heterocycles. The van der Waals surface area contributed by atoms with Crippen molar-refractivity contribution in [3.8, 4) is 0 Å². The molecule has 1 N–H and O–H groups in total. The third kappa shape index (κ3) is 4.73. The molecular weight excluding hydrogens is 274 g/mol. The molecule has 0 radical (unpaired) electrons. The lowest BCUT2D eigenvalue weighted by Gasteiger charge is -2.36. The Morgan fingerprint density at radius 3 is 2.64 bits per heavy atom. The lowest BCUT2D eigenvalue weighted by molar-refractivity contribution is -0.131. The Morgan fingerprint density at radius 2 is 2.00 bits per heavy atom. The lowest BCUT2D eigenvalue weighted by Crippen LogP contribution is -2.49. The number of nitrogens with one attached hydrogen (secondary N) is 1. The van der Waals surface area contributed by atoms with Crippen LogP contribution in [0.5, 0.6) is 0 Å². The van der Waals surface area contributed by atoms with Crippen LogP contribution in [0.15, 0.2) is 24.3 Å². The van der Waals surface area contributed by atoms with Crippen molar-refractivity contribution in [3.63, 3.8) is 0 Å². The van der Waals surface area contributed by atoms with Gasteiger partial charge in [0.05, 0.1) is 0 Å². The van der Waals surface area contributed by atoms with Gasteiger partial charge in [-0.15, -0.1) is 0 Å². The zero-order valence-corrected chi connectivity index (χ0v) is 14.1. The van der Waals surface area contributed by atoms with Gasteiger partial charge in [-0.05, 0) is 38.0 Å². The highest BCUT2D eigenvalue weighted by Gasteiger charge is 2.20. The van der Waals surface area contributed by atoms with E-state index >= 15 is 0 Å². The number of benzene rings is 1. The fraction of sp³-hybridized carbons (Fsp3) is 0.611. The summed E-state index contributed by atoms with van der Waals surface area (Å²) in [4.78, 5) is 16.6. The van der Waals surface area contributed by atoms with Gasteiger partial charge in [-0.1, -0.05) is 19.1 Å². The molecule has 1 amide bonds. The average Bonchev–Trinajstić information content (AvgIpc) is 2.54. The highest BCUT2D eigenvalue weighted by atomic mass is 16.2. The van der Waals surface area contributed by atoms with E-state index in [1.54, 1.807) is 0 Å². The second-order valence-electron chi connectivity index (χ2n) is 6.22. The molecule has 1 aromatic carbocycles. The van der Waals surface area contributed by atoms with Gasteiger partial charge in [0, 0.05) is 50.9 Å². The van der Waals surface area contributed by atoms with Crippen molar-refractivity contribution in [1.29, 1.82) is 0 Å². The van der Waals surface area contributed by atoms with Gasteiger partial charge in [0.2, 0.25) is 5.91 Å². The minimum absolute atomic E-state index is 0.277. The Kier molecular flexibility index (Phi) is 6.25. The molecule has 0 aromatic heterocycles. The largest absolute Gasteiger partial charge is 0.368 e. The van der Waals surface area contributed by atoms with Crippen molar-refractivity contribution in [2.24, 2.45) is 0 Å². The van der Waals surface area contributed by atoms with Crippen molar-refractivity contribution in [1.82, 2.24) is 10.2 Å². The van der Waals surface area contributed by atoms with Gasteiger partial charge in [-0.2, -0.15) is 0 Å². The van der Waals surface area contributed by atoms with Crippen LogP contribution in [0.3, 0.4) is 0 Å². The maximum absolute atomic E-state index is 12.2. The molecule has 0 aliphatic carbocycles. The average molecular weight is 303 g/mol. The smallest absolute Gasteiger partial charge is 0.223 e. The summed E-state index contributed by atoms with van der Waals surface area (Å²) in [7, 11) is 0. The molecule has 2 rings (SSSR count). The molecule has 4 heteroatoms. The molecule has 1 aliphatic rings. The highest BCUT2D eigenvalue weighted by Crippen LogP contribution is 2.17. The quantitative estimate of drug-likeness (QED) is 0.876. The van der Waals surface area contributed by atoms with Crippen LogP contribution in [0.25, 0.3) is 0 Å². The van der Waals surface area contributed by atoms with Crippen LogP contribution in [-0.2, 0) is 4.79 Å². The van der Waals surface area contributed by atoms with E-state index in [1.807, 2.05) is 4.90 Å². The summed E-state index contributed by atoms with van der Waals surface area (Å²) in [6, 6.07) is 9.08. The standard InChI is InChI=1S/C18H29N3O/c1-4-16(3)19-9-8-18(22)21-12-10-20(11-13-21)17-7-5-6-15(2)14-17/h5-7,14,16,19H,4,8-13H2,1-3H3. The summed E-state index contributed by atoms with van der Waals surface area (Å²) >= 11 is 0. The molecule has 0 saturated carbocycles. The number of amides is 1. The molecule has 1 aromatic rings. The first-order valence-electron chi connectivity index (χ1n) is 8.43. The summed E-state index contributed by atoms with van der Waals surface area (Å²) in [5.74, 6) is 0.277. The first-order chi connectivity index (χ1) is 10.6. The molecule has 122 valence electrons. The number of aryl methyl sites for hydroxylation is 1. The minimum Gasteiger partial charge on any atom is -0.368 e. The van der Waals surface area contributed by atoms with Gasteiger partial charge in [-0.3, -0.25) is 4.79 Å². The normalized spacial score (nSPS) is 16.7. The number of piperazine rings is 1. The molecule has 1 fully saturated rings. The summed E-state index contributed by atoms with van der Waals surface area (Å²) < 4.78 is 0. The Hall–Kier alpha value is -1.55. The third-order valence-electron chi connectivity index (χ3n) is 4.44. The predicted octanol–water partition coefficient (Wildman–Crippen LogP) is 2.42. The van der Waals surface area contributed by atoms with E-state index in [2.05, 4.69) is 55.3 Å². The van der Waals surface area contributed by atoms with Crippen LogP contribution in [0.4, 0.5) is 5.69 Å². The van der Waals surface area contributed by atoms with Crippen LogP contribution < -0.4 is 10.2 Å². The zero-order valence-electron chi connectivity index (χ0n) is 14.1. The molecule has 1 aliphatic heterocycles. The maximum Gasteiger partial charge on any atom is 0.223 e. The molecular formula is C18H29N3O. The first-order valence-corrected chi connectivity index (χ1v) is 8.43. The fourth-order valence-corrected chi connectivity index (χ4v) is 2.77.